The first-order chi connectivity index (χ1) is 8.79. The summed E-state index contributed by atoms with van der Waals surface area (Å²) in [6.45, 7) is 3.78. The van der Waals surface area contributed by atoms with Gasteiger partial charge in [0.05, 0.1) is 11.3 Å². The van der Waals surface area contributed by atoms with Gasteiger partial charge in [0.15, 0.2) is 0 Å². The van der Waals surface area contributed by atoms with E-state index in [-0.39, 0.29) is 5.91 Å². The lowest BCUT2D eigenvalue weighted by Gasteiger charge is -2.27. The van der Waals surface area contributed by atoms with Gasteiger partial charge in [0.25, 0.3) is 5.91 Å². The Balaban J connectivity index is 1.84. The first-order valence-corrected chi connectivity index (χ1v) is 6.78. The van der Waals surface area contributed by atoms with Gasteiger partial charge < -0.3 is 10.2 Å². The van der Waals surface area contributed by atoms with Crippen molar-refractivity contribution in [2.24, 2.45) is 5.92 Å². The van der Waals surface area contributed by atoms with E-state index >= 15 is 0 Å². The first kappa shape index (κ1) is 11.5. The standard InChI is InChI=1S/C14H19N3O/c1-2-16-13-5-6-15-8-12(13)14(18)17-9-10-3-4-11(17)7-10/h5-6,8,10-11H,2-4,7,9H2,1H3,(H,15,16). The normalized spacial score (nSPS) is 25.5. The van der Waals surface area contributed by atoms with Crippen LogP contribution in [-0.4, -0.2) is 34.9 Å². The van der Waals surface area contributed by atoms with Crippen LogP contribution >= 0.6 is 0 Å². The zero-order valence-corrected chi connectivity index (χ0v) is 10.7. The van der Waals surface area contributed by atoms with Crippen LogP contribution in [0.5, 0.6) is 0 Å². The van der Waals surface area contributed by atoms with E-state index in [9.17, 15) is 4.79 Å². The van der Waals surface area contributed by atoms with Crippen LogP contribution in [0.15, 0.2) is 18.5 Å². The Morgan fingerprint density at radius 1 is 1.56 bits per heavy atom. The summed E-state index contributed by atoms with van der Waals surface area (Å²) in [5.41, 5.74) is 1.62. The molecule has 3 rings (SSSR count). The Hall–Kier alpha value is -1.58. The zero-order chi connectivity index (χ0) is 12.5. The summed E-state index contributed by atoms with van der Waals surface area (Å²) in [6.07, 6.45) is 7.08. The molecule has 2 bridgehead atoms. The molecule has 1 aromatic rings. The number of rotatable bonds is 3. The third-order valence-electron chi connectivity index (χ3n) is 4.09. The van der Waals surface area contributed by atoms with E-state index in [1.54, 1.807) is 12.4 Å². The maximum Gasteiger partial charge on any atom is 0.257 e. The summed E-state index contributed by atoms with van der Waals surface area (Å²) >= 11 is 0. The van der Waals surface area contributed by atoms with Crippen molar-refractivity contribution >= 4 is 11.6 Å². The smallest absolute Gasteiger partial charge is 0.257 e. The number of carbonyl (C=O) groups is 1. The molecule has 2 unspecified atom stereocenters. The van der Waals surface area contributed by atoms with Crippen LogP contribution in [0.3, 0.4) is 0 Å². The number of nitrogens with one attached hydrogen (secondary N) is 1. The topological polar surface area (TPSA) is 45.2 Å². The van der Waals surface area contributed by atoms with Gasteiger partial charge in [0, 0.05) is 31.5 Å². The fraction of sp³-hybridized carbons (Fsp3) is 0.571. The van der Waals surface area contributed by atoms with Crippen molar-refractivity contribution in [2.75, 3.05) is 18.4 Å². The number of aromatic nitrogens is 1. The van der Waals surface area contributed by atoms with Gasteiger partial charge in [-0.05, 0) is 38.2 Å². The second kappa shape index (κ2) is 4.59. The number of carbonyl (C=O) groups excluding carboxylic acids is 1. The maximum absolute atomic E-state index is 12.6. The predicted octanol–water partition coefficient (Wildman–Crippen LogP) is 2.14. The Bertz CT molecular complexity index is 460. The fourth-order valence-electron chi connectivity index (χ4n) is 3.24. The number of hydrogen-bond acceptors (Lipinski definition) is 3. The minimum atomic E-state index is 0.145. The summed E-state index contributed by atoms with van der Waals surface area (Å²) in [6, 6.07) is 2.35. The molecular formula is C14H19N3O. The van der Waals surface area contributed by atoms with E-state index in [4.69, 9.17) is 0 Å². The molecule has 0 aromatic carbocycles. The van der Waals surface area contributed by atoms with Gasteiger partial charge in [-0.2, -0.15) is 0 Å². The van der Waals surface area contributed by atoms with E-state index in [1.165, 1.54) is 19.3 Å². The van der Waals surface area contributed by atoms with Gasteiger partial charge in [-0.25, -0.2) is 0 Å². The van der Waals surface area contributed by atoms with Gasteiger partial charge in [-0.15, -0.1) is 0 Å². The van der Waals surface area contributed by atoms with Crippen LogP contribution in [0.4, 0.5) is 5.69 Å². The third kappa shape index (κ3) is 1.85. The van der Waals surface area contributed by atoms with Gasteiger partial charge in [0.2, 0.25) is 0 Å². The summed E-state index contributed by atoms with van der Waals surface area (Å²) in [5, 5.41) is 3.24. The van der Waals surface area contributed by atoms with Crippen molar-refractivity contribution in [2.45, 2.75) is 32.2 Å². The van der Waals surface area contributed by atoms with Crippen molar-refractivity contribution in [3.8, 4) is 0 Å². The van der Waals surface area contributed by atoms with Gasteiger partial charge in [-0.1, -0.05) is 0 Å². The lowest BCUT2D eigenvalue weighted by Crippen LogP contribution is -2.38. The number of pyridine rings is 1. The summed E-state index contributed by atoms with van der Waals surface area (Å²) in [7, 11) is 0. The number of nitrogens with zero attached hydrogens (tertiary/aromatic N) is 2. The average Bonchev–Trinajstić information content (AvgIpc) is 3.01. The molecule has 18 heavy (non-hydrogen) atoms. The quantitative estimate of drug-likeness (QED) is 0.887. The van der Waals surface area contributed by atoms with E-state index in [0.717, 1.165) is 24.7 Å². The van der Waals surface area contributed by atoms with Gasteiger partial charge in [-0.3, -0.25) is 9.78 Å². The Morgan fingerprint density at radius 3 is 3.11 bits per heavy atom. The van der Waals surface area contributed by atoms with Crippen LogP contribution in [0.2, 0.25) is 0 Å². The monoisotopic (exact) mass is 245 g/mol. The molecule has 2 atom stereocenters. The minimum absolute atomic E-state index is 0.145. The summed E-state index contributed by atoms with van der Waals surface area (Å²) in [5.74, 6) is 0.879. The Labute approximate surface area is 107 Å². The minimum Gasteiger partial charge on any atom is -0.385 e. The number of likely N-dealkylation sites (tertiary alicyclic amines) is 1. The number of fused-ring (bicyclic) bond motifs is 2. The van der Waals surface area contributed by atoms with Crippen LogP contribution in [0, 0.1) is 5.92 Å². The SMILES string of the molecule is CCNc1ccncc1C(=O)N1CC2CCC1C2. The molecular weight excluding hydrogens is 226 g/mol. The second-order valence-corrected chi connectivity index (χ2v) is 5.24. The molecule has 0 spiro atoms. The maximum atomic E-state index is 12.6. The van der Waals surface area contributed by atoms with Crippen LogP contribution in [0.25, 0.3) is 0 Å². The number of anilines is 1. The predicted molar refractivity (Wildman–Crippen MR) is 70.6 cm³/mol. The molecule has 1 aliphatic carbocycles. The molecule has 96 valence electrons. The van der Waals surface area contributed by atoms with Crippen molar-refractivity contribution in [3.05, 3.63) is 24.0 Å². The van der Waals surface area contributed by atoms with Crippen molar-refractivity contribution in [3.63, 3.8) is 0 Å². The molecule has 2 fully saturated rings. The Kier molecular flexibility index (Phi) is 2.94. The molecule has 1 N–H and O–H groups in total. The molecule has 1 aliphatic heterocycles. The third-order valence-corrected chi connectivity index (χ3v) is 4.09. The van der Waals surface area contributed by atoms with Crippen LogP contribution in [-0.2, 0) is 0 Å². The van der Waals surface area contributed by atoms with Crippen LogP contribution < -0.4 is 5.32 Å². The largest absolute Gasteiger partial charge is 0.385 e. The lowest BCUT2D eigenvalue weighted by molar-refractivity contribution is 0.0704. The zero-order valence-electron chi connectivity index (χ0n) is 10.7. The molecule has 0 radical (unpaired) electrons. The molecule has 1 saturated heterocycles. The van der Waals surface area contributed by atoms with E-state index in [1.807, 2.05) is 17.9 Å². The van der Waals surface area contributed by atoms with Gasteiger partial charge >= 0.3 is 0 Å². The highest BCUT2D eigenvalue weighted by molar-refractivity contribution is 5.99. The van der Waals surface area contributed by atoms with E-state index in [2.05, 4.69) is 10.3 Å². The van der Waals surface area contributed by atoms with Crippen LogP contribution in [0.1, 0.15) is 36.5 Å². The number of hydrogen-bond donors (Lipinski definition) is 1. The highest BCUT2D eigenvalue weighted by Crippen LogP contribution is 2.38. The molecule has 2 heterocycles. The second-order valence-electron chi connectivity index (χ2n) is 5.24. The fourth-order valence-corrected chi connectivity index (χ4v) is 3.24. The van der Waals surface area contributed by atoms with E-state index < -0.39 is 0 Å². The average molecular weight is 245 g/mol. The van der Waals surface area contributed by atoms with Gasteiger partial charge in [0.1, 0.15) is 0 Å². The molecule has 4 nitrogen and oxygen atoms in total. The van der Waals surface area contributed by atoms with E-state index in [0.29, 0.717) is 11.6 Å². The summed E-state index contributed by atoms with van der Waals surface area (Å²) < 4.78 is 0. The number of piperidine rings is 1. The summed E-state index contributed by atoms with van der Waals surface area (Å²) in [4.78, 5) is 18.7. The van der Waals surface area contributed by atoms with Crippen molar-refractivity contribution in [1.82, 2.24) is 9.88 Å². The van der Waals surface area contributed by atoms with Crippen molar-refractivity contribution in [1.29, 1.82) is 0 Å². The molecule has 1 amide bonds. The molecule has 1 aromatic heterocycles. The molecule has 4 heteroatoms. The molecule has 1 saturated carbocycles. The highest BCUT2D eigenvalue weighted by atomic mass is 16.2. The molecule has 2 aliphatic rings. The lowest BCUT2D eigenvalue weighted by atomic mass is 10.1. The first-order valence-electron chi connectivity index (χ1n) is 6.78. The Morgan fingerprint density at radius 2 is 2.44 bits per heavy atom. The number of amides is 1. The van der Waals surface area contributed by atoms with Crippen molar-refractivity contribution < 1.29 is 4.79 Å². The highest BCUT2D eigenvalue weighted by Gasteiger charge is 2.40.